The predicted octanol–water partition coefficient (Wildman–Crippen LogP) is 5.29. The molecule has 0 radical (unpaired) electrons. The van der Waals surface area contributed by atoms with Crippen LogP contribution in [-0.2, 0) is 4.79 Å². The molecule has 6 heterocycles. The van der Waals surface area contributed by atoms with Gasteiger partial charge in [-0.05, 0) is 37.1 Å². The number of aromatic amines is 2. The number of imidazole rings is 1. The molecule has 1 aliphatic carbocycles. The first kappa shape index (κ1) is 23.1. The van der Waals surface area contributed by atoms with E-state index in [0.29, 0.717) is 39.7 Å². The molecule has 11 heteroatoms. The summed E-state index contributed by atoms with van der Waals surface area (Å²) in [6.07, 6.45) is 11.8. The average molecular weight is 520 g/mol. The molecule has 0 aromatic carbocycles. The SMILES string of the molecule is O=C(Nc1cncc(-c2cnc3[nH]nc(-c4nc5c(-c6ccccn6)nccc5[nH]4)c3c2F)c1)C1CCCC1. The fourth-order valence-corrected chi connectivity index (χ4v) is 5.15. The molecule has 192 valence electrons. The van der Waals surface area contributed by atoms with Gasteiger partial charge in [0.05, 0.1) is 28.5 Å². The van der Waals surface area contributed by atoms with Gasteiger partial charge in [0, 0.05) is 41.8 Å². The van der Waals surface area contributed by atoms with Crippen LogP contribution in [0.4, 0.5) is 10.1 Å². The zero-order chi connectivity index (χ0) is 26.3. The van der Waals surface area contributed by atoms with E-state index in [1.165, 1.54) is 6.20 Å². The van der Waals surface area contributed by atoms with Crippen LogP contribution < -0.4 is 5.32 Å². The summed E-state index contributed by atoms with van der Waals surface area (Å²) < 4.78 is 16.1. The zero-order valence-electron chi connectivity index (χ0n) is 20.6. The number of H-pyrrole nitrogens is 2. The number of nitrogens with zero attached hydrogens (tertiary/aromatic N) is 6. The van der Waals surface area contributed by atoms with Crippen molar-refractivity contribution in [1.29, 1.82) is 0 Å². The number of anilines is 1. The van der Waals surface area contributed by atoms with Gasteiger partial charge in [0.2, 0.25) is 5.91 Å². The highest BCUT2D eigenvalue weighted by Gasteiger charge is 2.24. The Bertz CT molecular complexity index is 1840. The second-order valence-electron chi connectivity index (χ2n) is 9.57. The number of amides is 1. The van der Waals surface area contributed by atoms with Gasteiger partial charge in [-0.25, -0.2) is 14.4 Å². The summed E-state index contributed by atoms with van der Waals surface area (Å²) in [5.74, 6) is -0.167. The fourth-order valence-electron chi connectivity index (χ4n) is 5.15. The lowest BCUT2D eigenvalue weighted by molar-refractivity contribution is -0.119. The Morgan fingerprint density at radius 3 is 2.74 bits per heavy atom. The van der Waals surface area contributed by atoms with E-state index < -0.39 is 5.82 Å². The van der Waals surface area contributed by atoms with Crippen molar-refractivity contribution < 1.29 is 9.18 Å². The predicted molar refractivity (Wildman–Crippen MR) is 144 cm³/mol. The van der Waals surface area contributed by atoms with Gasteiger partial charge in [0.1, 0.15) is 22.7 Å². The number of aromatic nitrogens is 8. The summed E-state index contributed by atoms with van der Waals surface area (Å²) in [6.45, 7) is 0. The summed E-state index contributed by atoms with van der Waals surface area (Å²) in [5, 5.41) is 10.3. The molecule has 0 aliphatic heterocycles. The van der Waals surface area contributed by atoms with Crippen molar-refractivity contribution in [2.45, 2.75) is 25.7 Å². The Morgan fingerprint density at radius 1 is 1.00 bits per heavy atom. The van der Waals surface area contributed by atoms with E-state index in [-0.39, 0.29) is 28.4 Å². The molecule has 0 bridgehead atoms. The zero-order valence-corrected chi connectivity index (χ0v) is 20.6. The molecule has 7 rings (SSSR count). The first-order chi connectivity index (χ1) is 19.2. The molecule has 3 N–H and O–H groups in total. The minimum Gasteiger partial charge on any atom is -0.336 e. The highest BCUT2D eigenvalue weighted by molar-refractivity contribution is 5.97. The first-order valence-corrected chi connectivity index (χ1v) is 12.7. The van der Waals surface area contributed by atoms with Gasteiger partial charge < -0.3 is 10.3 Å². The molecule has 6 aromatic rings. The topological polar surface area (TPSA) is 138 Å². The van der Waals surface area contributed by atoms with Crippen LogP contribution in [0.1, 0.15) is 25.7 Å². The van der Waals surface area contributed by atoms with Crippen molar-refractivity contribution in [2.24, 2.45) is 5.92 Å². The minimum atomic E-state index is -0.520. The lowest BCUT2D eigenvalue weighted by atomic mass is 10.1. The number of hydrogen-bond donors (Lipinski definition) is 3. The molecular weight excluding hydrogens is 497 g/mol. The Morgan fingerprint density at radius 2 is 1.90 bits per heavy atom. The van der Waals surface area contributed by atoms with Gasteiger partial charge in [-0.3, -0.25) is 24.8 Å². The number of fused-ring (bicyclic) bond motifs is 2. The number of hydrogen-bond acceptors (Lipinski definition) is 7. The van der Waals surface area contributed by atoms with Crippen molar-refractivity contribution in [2.75, 3.05) is 5.32 Å². The standard InChI is InChI=1S/C28H22FN9O/c29-22-18(16-11-17(13-30-12-16)34-28(39)15-5-1-2-6-15)14-33-26-21(22)25(37-38-26)27-35-20-8-10-32-23(24(20)36-27)19-7-3-4-9-31-19/h3-4,7-15H,1-2,5-6H2,(H,34,39)(H,35,36)(H,33,37,38). The fraction of sp³-hybridized carbons (Fsp3) is 0.179. The van der Waals surface area contributed by atoms with Crippen LogP contribution in [0.15, 0.2) is 61.3 Å². The van der Waals surface area contributed by atoms with Crippen LogP contribution in [-0.4, -0.2) is 46.0 Å². The lowest BCUT2D eigenvalue weighted by Gasteiger charge is -2.11. The highest BCUT2D eigenvalue weighted by atomic mass is 19.1. The normalized spacial score (nSPS) is 13.9. The Labute approximate surface area is 221 Å². The molecule has 1 saturated carbocycles. The smallest absolute Gasteiger partial charge is 0.227 e. The quantitative estimate of drug-likeness (QED) is 0.281. The van der Waals surface area contributed by atoms with Crippen LogP contribution in [0.2, 0.25) is 0 Å². The molecule has 1 amide bonds. The molecule has 39 heavy (non-hydrogen) atoms. The third-order valence-corrected chi connectivity index (χ3v) is 7.10. The van der Waals surface area contributed by atoms with Gasteiger partial charge >= 0.3 is 0 Å². The second kappa shape index (κ2) is 9.35. The number of carbonyl (C=O) groups is 1. The molecule has 1 aliphatic rings. The summed E-state index contributed by atoms with van der Waals surface area (Å²) in [7, 11) is 0. The van der Waals surface area contributed by atoms with E-state index in [1.54, 1.807) is 36.9 Å². The maximum atomic E-state index is 16.1. The van der Waals surface area contributed by atoms with E-state index in [9.17, 15) is 4.79 Å². The first-order valence-electron chi connectivity index (χ1n) is 12.7. The third kappa shape index (κ3) is 4.08. The Kier molecular flexibility index (Phi) is 5.54. The summed E-state index contributed by atoms with van der Waals surface area (Å²) in [5.41, 5.74) is 4.42. The lowest BCUT2D eigenvalue weighted by Crippen LogP contribution is -2.20. The van der Waals surface area contributed by atoms with Crippen molar-refractivity contribution in [3.8, 4) is 34.0 Å². The molecule has 0 atom stereocenters. The van der Waals surface area contributed by atoms with E-state index in [1.807, 2.05) is 18.2 Å². The van der Waals surface area contributed by atoms with E-state index in [4.69, 9.17) is 4.98 Å². The van der Waals surface area contributed by atoms with Gasteiger partial charge in [-0.15, -0.1) is 0 Å². The monoisotopic (exact) mass is 519 g/mol. The number of nitrogens with one attached hydrogen (secondary N) is 3. The molecule has 6 aromatic heterocycles. The van der Waals surface area contributed by atoms with Crippen molar-refractivity contribution in [3.63, 3.8) is 0 Å². The van der Waals surface area contributed by atoms with E-state index in [0.717, 1.165) is 31.2 Å². The third-order valence-electron chi connectivity index (χ3n) is 7.10. The van der Waals surface area contributed by atoms with Crippen molar-refractivity contribution in [3.05, 3.63) is 67.1 Å². The molecule has 0 unspecified atom stereocenters. The molecule has 10 nitrogen and oxygen atoms in total. The summed E-state index contributed by atoms with van der Waals surface area (Å²) in [4.78, 5) is 38.0. The van der Waals surface area contributed by atoms with Gasteiger partial charge in [0.15, 0.2) is 11.5 Å². The number of carbonyl (C=O) groups excluding carboxylic acids is 1. The highest BCUT2D eigenvalue weighted by Crippen LogP contribution is 2.34. The number of halogens is 1. The maximum Gasteiger partial charge on any atom is 0.227 e. The molecular formula is C28H22FN9O. The van der Waals surface area contributed by atoms with Gasteiger partial charge in [-0.1, -0.05) is 18.9 Å². The van der Waals surface area contributed by atoms with Crippen molar-refractivity contribution >= 4 is 33.7 Å². The maximum absolute atomic E-state index is 16.1. The number of pyridine rings is 4. The Hall–Kier alpha value is -5.06. The van der Waals surface area contributed by atoms with Crippen LogP contribution in [0, 0.1) is 11.7 Å². The Balaban J connectivity index is 1.28. The second-order valence-corrected chi connectivity index (χ2v) is 9.57. The average Bonchev–Trinajstić information content (AvgIpc) is 3.73. The molecule has 0 saturated heterocycles. The van der Waals surface area contributed by atoms with Gasteiger partial charge in [0.25, 0.3) is 0 Å². The van der Waals surface area contributed by atoms with E-state index >= 15 is 4.39 Å². The van der Waals surface area contributed by atoms with E-state index in [2.05, 4.69) is 40.4 Å². The molecule has 1 fully saturated rings. The summed E-state index contributed by atoms with van der Waals surface area (Å²) >= 11 is 0. The van der Waals surface area contributed by atoms with Crippen LogP contribution in [0.25, 0.3) is 56.1 Å². The minimum absolute atomic E-state index is 0.00842. The van der Waals surface area contributed by atoms with Crippen LogP contribution >= 0.6 is 0 Å². The van der Waals surface area contributed by atoms with Crippen molar-refractivity contribution in [1.82, 2.24) is 40.1 Å². The van der Waals surface area contributed by atoms with Crippen LogP contribution in [0.3, 0.4) is 0 Å². The summed E-state index contributed by atoms with van der Waals surface area (Å²) in [6, 6.07) is 9.07. The van der Waals surface area contributed by atoms with Crippen LogP contribution in [0.5, 0.6) is 0 Å². The largest absolute Gasteiger partial charge is 0.336 e. The van der Waals surface area contributed by atoms with Gasteiger partial charge in [-0.2, -0.15) is 5.10 Å². The molecule has 0 spiro atoms. The number of rotatable bonds is 5.